The van der Waals surface area contributed by atoms with E-state index in [0.29, 0.717) is 6.42 Å². The van der Waals surface area contributed by atoms with Gasteiger partial charge in [0.25, 0.3) is 0 Å². The van der Waals surface area contributed by atoms with E-state index < -0.39 is 5.60 Å². The topological polar surface area (TPSA) is 20.2 Å². The standard InChI is InChI=1S/C13H22O/c1-5-6-7-9-12(2)10-8-11-13(3,4)14/h6-10,14H,5,11H2,1-4H3/b7-6+,10-8+,12-9+. The molecule has 0 aromatic heterocycles. The lowest BCUT2D eigenvalue weighted by Crippen LogP contribution is -2.16. The minimum Gasteiger partial charge on any atom is -0.390 e. The van der Waals surface area contributed by atoms with Crippen molar-refractivity contribution >= 4 is 0 Å². The first-order chi connectivity index (χ1) is 6.45. The highest BCUT2D eigenvalue weighted by atomic mass is 16.3. The van der Waals surface area contributed by atoms with Crippen molar-refractivity contribution in [1.29, 1.82) is 0 Å². The number of hydrogen-bond donors (Lipinski definition) is 1. The molecule has 0 heterocycles. The summed E-state index contributed by atoms with van der Waals surface area (Å²) in [5.74, 6) is 0. The molecule has 0 bridgehead atoms. The Hall–Kier alpha value is -0.820. The van der Waals surface area contributed by atoms with Gasteiger partial charge in [0.05, 0.1) is 5.60 Å². The van der Waals surface area contributed by atoms with Crippen molar-refractivity contribution in [3.8, 4) is 0 Å². The van der Waals surface area contributed by atoms with Crippen LogP contribution in [0.15, 0.2) is 36.0 Å². The van der Waals surface area contributed by atoms with Crippen LogP contribution in [0.5, 0.6) is 0 Å². The molecule has 0 aromatic carbocycles. The van der Waals surface area contributed by atoms with E-state index in [1.54, 1.807) is 0 Å². The van der Waals surface area contributed by atoms with E-state index in [1.165, 1.54) is 5.57 Å². The zero-order valence-corrected chi connectivity index (χ0v) is 9.75. The molecule has 0 saturated carbocycles. The minimum absolute atomic E-state index is 0.601. The van der Waals surface area contributed by atoms with E-state index in [4.69, 9.17) is 0 Å². The molecule has 0 aliphatic carbocycles. The smallest absolute Gasteiger partial charge is 0.0626 e. The monoisotopic (exact) mass is 194 g/mol. The fourth-order valence-corrected chi connectivity index (χ4v) is 0.945. The Labute approximate surface area is 87.8 Å². The van der Waals surface area contributed by atoms with E-state index in [1.807, 2.05) is 26.0 Å². The minimum atomic E-state index is -0.601. The fourth-order valence-electron chi connectivity index (χ4n) is 0.945. The highest BCUT2D eigenvalue weighted by Crippen LogP contribution is 2.08. The van der Waals surface area contributed by atoms with Crippen molar-refractivity contribution in [1.82, 2.24) is 0 Å². The first-order valence-corrected chi connectivity index (χ1v) is 5.18. The predicted molar refractivity (Wildman–Crippen MR) is 63.2 cm³/mol. The van der Waals surface area contributed by atoms with Gasteiger partial charge in [-0.25, -0.2) is 0 Å². The van der Waals surface area contributed by atoms with E-state index in [0.717, 1.165) is 6.42 Å². The Morgan fingerprint density at radius 1 is 1.29 bits per heavy atom. The molecule has 1 nitrogen and oxygen atoms in total. The van der Waals surface area contributed by atoms with E-state index in [9.17, 15) is 5.11 Å². The summed E-state index contributed by atoms with van der Waals surface area (Å²) < 4.78 is 0. The molecule has 0 amide bonds. The number of aliphatic hydroxyl groups is 1. The first kappa shape index (κ1) is 13.2. The van der Waals surface area contributed by atoms with Gasteiger partial charge in [0.1, 0.15) is 0 Å². The summed E-state index contributed by atoms with van der Waals surface area (Å²) in [5, 5.41) is 9.46. The van der Waals surface area contributed by atoms with Crippen LogP contribution in [0.4, 0.5) is 0 Å². The zero-order chi connectivity index (χ0) is 11.0. The van der Waals surface area contributed by atoms with Gasteiger partial charge in [-0.15, -0.1) is 0 Å². The molecule has 0 atom stereocenters. The van der Waals surface area contributed by atoms with Crippen LogP contribution in [-0.2, 0) is 0 Å². The van der Waals surface area contributed by atoms with Gasteiger partial charge in [-0.2, -0.15) is 0 Å². The molecule has 0 radical (unpaired) electrons. The van der Waals surface area contributed by atoms with Gasteiger partial charge in [-0.3, -0.25) is 0 Å². The Balaban J connectivity index is 3.99. The maximum absolute atomic E-state index is 9.46. The number of rotatable bonds is 5. The summed E-state index contributed by atoms with van der Waals surface area (Å²) >= 11 is 0. The molecule has 1 heteroatoms. The highest BCUT2D eigenvalue weighted by molar-refractivity contribution is 5.21. The third-order valence-electron chi connectivity index (χ3n) is 1.73. The summed E-state index contributed by atoms with van der Waals surface area (Å²) in [6.45, 7) is 7.80. The molecule has 80 valence electrons. The Bertz CT molecular complexity index is 226. The van der Waals surface area contributed by atoms with E-state index >= 15 is 0 Å². The molecule has 0 unspecified atom stereocenters. The van der Waals surface area contributed by atoms with Crippen LogP contribution in [0, 0.1) is 0 Å². The summed E-state index contributed by atoms with van der Waals surface area (Å²) in [6, 6.07) is 0. The summed E-state index contributed by atoms with van der Waals surface area (Å²) in [5.41, 5.74) is 0.606. The van der Waals surface area contributed by atoms with Gasteiger partial charge < -0.3 is 5.11 Å². The molecule has 0 spiro atoms. The van der Waals surface area contributed by atoms with E-state index in [2.05, 4.69) is 32.1 Å². The second kappa shape index (κ2) is 6.61. The highest BCUT2D eigenvalue weighted by Gasteiger charge is 2.08. The van der Waals surface area contributed by atoms with Crippen LogP contribution in [0.25, 0.3) is 0 Å². The van der Waals surface area contributed by atoms with Crippen molar-refractivity contribution in [3.63, 3.8) is 0 Å². The van der Waals surface area contributed by atoms with Gasteiger partial charge in [-0.1, -0.05) is 42.9 Å². The molecule has 0 rings (SSSR count). The summed E-state index contributed by atoms with van der Waals surface area (Å²) in [4.78, 5) is 0. The summed E-state index contributed by atoms with van der Waals surface area (Å²) in [7, 11) is 0. The van der Waals surface area contributed by atoms with Crippen molar-refractivity contribution in [2.45, 2.75) is 46.1 Å². The molecular weight excluding hydrogens is 172 g/mol. The molecule has 1 N–H and O–H groups in total. The largest absolute Gasteiger partial charge is 0.390 e. The van der Waals surface area contributed by atoms with Crippen LogP contribution in [-0.4, -0.2) is 10.7 Å². The Morgan fingerprint density at radius 2 is 1.93 bits per heavy atom. The van der Waals surface area contributed by atoms with Gasteiger partial charge in [0.2, 0.25) is 0 Å². The normalized spacial score (nSPS) is 14.5. The van der Waals surface area contributed by atoms with Crippen LogP contribution < -0.4 is 0 Å². The lowest BCUT2D eigenvalue weighted by molar-refractivity contribution is 0.0839. The van der Waals surface area contributed by atoms with Gasteiger partial charge in [0, 0.05) is 0 Å². The van der Waals surface area contributed by atoms with Crippen molar-refractivity contribution in [2.75, 3.05) is 0 Å². The maximum Gasteiger partial charge on any atom is 0.0626 e. The van der Waals surface area contributed by atoms with Crippen molar-refractivity contribution < 1.29 is 5.11 Å². The quantitative estimate of drug-likeness (QED) is 0.663. The maximum atomic E-state index is 9.46. The number of hydrogen-bond acceptors (Lipinski definition) is 1. The second-order valence-electron chi connectivity index (χ2n) is 4.17. The van der Waals surface area contributed by atoms with Crippen molar-refractivity contribution in [2.24, 2.45) is 0 Å². The van der Waals surface area contributed by atoms with Crippen LogP contribution in [0.3, 0.4) is 0 Å². The third-order valence-corrected chi connectivity index (χ3v) is 1.73. The lowest BCUT2D eigenvalue weighted by Gasteiger charge is -2.13. The molecule has 14 heavy (non-hydrogen) atoms. The van der Waals surface area contributed by atoms with Crippen LogP contribution in [0.1, 0.15) is 40.5 Å². The first-order valence-electron chi connectivity index (χ1n) is 5.18. The van der Waals surface area contributed by atoms with Gasteiger partial charge in [0.15, 0.2) is 0 Å². The summed E-state index contributed by atoms with van der Waals surface area (Å²) in [6.07, 6.45) is 12.1. The molecule has 0 aliphatic rings. The van der Waals surface area contributed by atoms with E-state index in [-0.39, 0.29) is 0 Å². The van der Waals surface area contributed by atoms with Crippen LogP contribution in [0.2, 0.25) is 0 Å². The second-order valence-corrected chi connectivity index (χ2v) is 4.17. The Kier molecular flexibility index (Phi) is 6.22. The SMILES string of the molecule is CC/C=C/C=C(C)/C=C/CC(C)(C)O. The molecule has 0 aliphatic heterocycles. The Morgan fingerprint density at radius 3 is 2.43 bits per heavy atom. The third kappa shape index (κ3) is 9.27. The van der Waals surface area contributed by atoms with Gasteiger partial charge in [-0.05, 0) is 33.6 Å². The average Bonchev–Trinajstić information content (AvgIpc) is 2.02. The number of allylic oxidation sites excluding steroid dienone is 5. The molecular formula is C13H22O. The lowest BCUT2D eigenvalue weighted by atomic mass is 10.0. The van der Waals surface area contributed by atoms with Crippen molar-refractivity contribution in [3.05, 3.63) is 36.0 Å². The molecule has 0 saturated heterocycles. The fraction of sp³-hybridized carbons (Fsp3) is 0.538. The zero-order valence-electron chi connectivity index (χ0n) is 9.75. The van der Waals surface area contributed by atoms with Crippen LogP contribution >= 0.6 is 0 Å². The molecule has 0 fully saturated rings. The van der Waals surface area contributed by atoms with Gasteiger partial charge >= 0.3 is 0 Å². The molecule has 0 aromatic rings. The average molecular weight is 194 g/mol. The predicted octanol–water partition coefficient (Wildman–Crippen LogP) is 3.62.